The van der Waals surface area contributed by atoms with Gasteiger partial charge in [-0.05, 0) is 44.5 Å². The molecule has 0 amide bonds. The molecule has 1 saturated heterocycles. The van der Waals surface area contributed by atoms with Crippen molar-refractivity contribution in [2.45, 2.75) is 31.2 Å². The zero-order chi connectivity index (χ0) is 14.8. The monoisotopic (exact) mass is 290 g/mol. The zero-order valence-electron chi connectivity index (χ0n) is 12.0. The molecule has 112 valence electrons. The number of H-pyrrole nitrogens is 1. The predicted octanol–water partition coefficient (Wildman–Crippen LogP) is 2.53. The molecule has 2 atom stereocenters. The second-order valence-corrected chi connectivity index (χ2v) is 5.77. The van der Waals surface area contributed by atoms with E-state index in [2.05, 4.69) is 17.1 Å². The highest BCUT2D eigenvalue weighted by molar-refractivity contribution is 5.19. The number of likely N-dealkylation sites (tertiary alicyclic amines) is 1. The van der Waals surface area contributed by atoms with Gasteiger partial charge in [0, 0.05) is 18.0 Å². The Balaban J connectivity index is 1.75. The molecular formula is C16H19FN2O2. The van der Waals surface area contributed by atoms with Gasteiger partial charge in [-0.15, -0.1) is 0 Å². The van der Waals surface area contributed by atoms with Gasteiger partial charge in [0.1, 0.15) is 11.6 Å². The quantitative estimate of drug-likeness (QED) is 0.945. The Hall–Kier alpha value is -1.88. The Kier molecular flexibility index (Phi) is 3.92. The van der Waals surface area contributed by atoms with Crippen molar-refractivity contribution in [2.75, 3.05) is 13.6 Å². The van der Waals surface area contributed by atoms with Crippen LogP contribution in [0.4, 0.5) is 4.39 Å². The number of hydrogen-bond acceptors (Lipinski definition) is 3. The number of aromatic nitrogens is 1. The molecule has 0 spiro atoms. The maximum atomic E-state index is 13.8. The summed E-state index contributed by atoms with van der Waals surface area (Å²) < 4.78 is 19.0. The lowest BCUT2D eigenvalue weighted by Crippen LogP contribution is -2.40. The van der Waals surface area contributed by atoms with Crippen LogP contribution in [0, 0.1) is 5.82 Å². The van der Waals surface area contributed by atoms with Crippen LogP contribution in [0.5, 0.6) is 0 Å². The topological polar surface area (TPSA) is 49.2 Å². The van der Waals surface area contributed by atoms with E-state index >= 15 is 0 Å². The van der Waals surface area contributed by atoms with E-state index in [1.54, 1.807) is 6.07 Å². The van der Waals surface area contributed by atoms with Crippen LogP contribution in [0.2, 0.25) is 0 Å². The van der Waals surface area contributed by atoms with Gasteiger partial charge < -0.3 is 9.42 Å². The normalized spacial score (nSPS) is 23.3. The fraction of sp³-hybridized carbons (Fsp3) is 0.438. The Labute approximate surface area is 122 Å². The molecule has 5 heteroatoms. The number of nitrogens with one attached hydrogen (secondary N) is 1. The van der Waals surface area contributed by atoms with E-state index in [0.717, 1.165) is 24.9 Å². The molecule has 1 N–H and O–H groups in total. The Morgan fingerprint density at radius 2 is 2.24 bits per heavy atom. The lowest BCUT2D eigenvalue weighted by molar-refractivity contribution is 0.155. The second-order valence-electron chi connectivity index (χ2n) is 5.77. The number of halogens is 1. The van der Waals surface area contributed by atoms with Gasteiger partial charge in [0.2, 0.25) is 0 Å². The number of likely N-dealkylation sites (N-methyl/N-ethyl adjacent to an activating group) is 1. The molecule has 2 aromatic rings. The summed E-state index contributed by atoms with van der Waals surface area (Å²) in [5, 5.41) is 2.35. The van der Waals surface area contributed by atoms with E-state index in [4.69, 9.17) is 4.52 Å². The first-order chi connectivity index (χ1) is 10.1. The number of nitrogens with zero attached hydrogens (tertiary/aromatic N) is 1. The van der Waals surface area contributed by atoms with Crippen molar-refractivity contribution in [1.82, 2.24) is 10.1 Å². The summed E-state index contributed by atoms with van der Waals surface area (Å²) in [6.07, 6.45) is 2.49. The third-order valence-corrected chi connectivity index (χ3v) is 4.37. The molecule has 1 aromatic heterocycles. The molecule has 0 radical (unpaired) electrons. The Morgan fingerprint density at radius 3 is 2.95 bits per heavy atom. The van der Waals surface area contributed by atoms with Crippen LogP contribution in [0.3, 0.4) is 0 Å². The van der Waals surface area contributed by atoms with Crippen LogP contribution in [0.1, 0.15) is 30.1 Å². The van der Waals surface area contributed by atoms with Gasteiger partial charge >= 0.3 is 0 Å². The van der Waals surface area contributed by atoms with Crippen molar-refractivity contribution < 1.29 is 8.91 Å². The molecule has 0 saturated carbocycles. The van der Waals surface area contributed by atoms with Gasteiger partial charge in [-0.2, -0.15) is 5.16 Å². The molecule has 4 nitrogen and oxygen atoms in total. The average molecular weight is 290 g/mol. The third-order valence-electron chi connectivity index (χ3n) is 4.37. The average Bonchev–Trinajstić information content (AvgIpc) is 2.90. The van der Waals surface area contributed by atoms with E-state index < -0.39 is 0 Å². The lowest BCUT2D eigenvalue weighted by Gasteiger charge is -2.36. The molecule has 3 rings (SSSR count). The SMILES string of the molecule is CN1CC[C@H](c2cc(=O)[nH]o2)C[C@@H]1Cc1ccccc1F. The zero-order valence-corrected chi connectivity index (χ0v) is 12.0. The number of piperidine rings is 1. The summed E-state index contributed by atoms with van der Waals surface area (Å²) in [6.45, 7) is 0.915. The Bertz CT molecular complexity index is 664. The first-order valence-corrected chi connectivity index (χ1v) is 7.25. The van der Waals surface area contributed by atoms with Gasteiger partial charge in [0.05, 0.1) is 0 Å². The molecule has 2 heterocycles. The highest BCUT2D eigenvalue weighted by Crippen LogP contribution is 2.31. The molecule has 1 aliphatic rings. The van der Waals surface area contributed by atoms with Crippen molar-refractivity contribution in [1.29, 1.82) is 0 Å². The molecule has 0 bridgehead atoms. The van der Waals surface area contributed by atoms with E-state index in [1.165, 1.54) is 12.1 Å². The van der Waals surface area contributed by atoms with Crippen molar-refractivity contribution >= 4 is 0 Å². The first-order valence-electron chi connectivity index (χ1n) is 7.25. The van der Waals surface area contributed by atoms with Crippen molar-refractivity contribution in [3.63, 3.8) is 0 Å². The number of rotatable bonds is 3. The van der Waals surface area contributed by atoms with Gasteiger partial charge in [0.25, 0.3) is 5.56 Å². The number of benzene rings is 1. The first kappa shape index (κ1) is 14.1. The second kappa shape index (κ2) is 5.85. The molecular weight excluding hydrogens is 271 g/mol. The maximum Gasteiger partial charge on any atom is 0.280 e. The van der Waals surface area contributed by atoms with Crippen LogP contribution in [0.15, 0.2) is 39.6 Å². The molecule has 0 aliphatic carbocycles. The summed E-state index contributed by atoms with van der Waals surface area (Å²) in [5.41, 5.74) is 0.542. The summed E-state index contributed by atoms with van der Waals surface area (Å²) in [5.74, 6) is 0.782. The van der Waals surface area contributed by atoms with E-state index in [-0.39, 0.29) is 23.3 Å². The van der Waals surface area contributed by atoms with Gasteiger partial charge in [0.15, 0.2) is 0 Å². The van der Waals surface area contributed by atoms with Crippen molar-refractivity contribution in [3.05, 3.63) is 57.8 Å². The van der Waals surface area contributed by atoms with Crippen molar-refractivity contribution in [2.24, 2.45) is 0 Å². The number of hydrogen-bond donors (Lipinski definition) is 1. The van der Waals surface area contributed by atoms with E-state index in [9.17, 15) is 9.18 Å². The molecule has 1 aliphatic heterocycles. The third kappa shape index (κ3) is 3.08. The number of aromatic amines is 1. The Morgan fingerprint density at radius 1 is 1.43 bits per heavy atom. The summed E-state index contributed by atoms with van der Waals surface area (Å²) >= 11 is 0. The van der Waals surface area contributed by atoms with Crippen molar-refractivity contribution in [3.8, 4) is 0 Å². The van der Waals surface area contributed by atoms with Crippen LogP contribution >= 0.6 is 0 Å². The maximum absolute atomic E-state index is 13.8. The fourth-order valence-electron chi connectivity index (χ4n) is 3.08. The molecule has 21 heavy (non-hydrogen) atoms. The van der Waals surface area contributed by atoms with Crippen LogP contribution in [0.25, 0.3) is 0 Å². The predicted molar refractivity (Wildman–Crippen MR) is 77.8 cm³/mol. The van der Waals surface area contributed by atoms with Gasteiger partial charge in [-0.3, -0.25) is 4.79 Å². The largest absolute Gasteiger partial charge is 0.383 e. The van der Waals surface area contributed by atoms with Crippen LogP contribution in [-0.2, 0) is 6.42 Å². The molecule has 1 fully saturated rings. The minimum atomic E-state index is -0.199. The highest BCUT2D eigenvalue weighted by Gasteiger charge is 2.29. The van der Waals surface area contributed by atoms with Gasteiger partial charge in [-0.25, -0.2) is 4.39 Å². The smallest absolute Gasteiger partial charge is 0.280 e. The summed E-state index contributed by atoms with van der Waals surface area (Å²) in [4.78, 5) is 13.5. The minimum Gasteiger partial charge on any atom is -0.383 e. The minimum absolute atomic E-state index is 0.152. The summed E-state index contributed by atoms with van der Waals surface area (Å²) in [6, 6.07) is 8.69. The standard InChI is InChI=1S/C16H19FN2O2/c1-19-7-6-12(15-10-16(20)18-21-15)9-13(19)8-11-4-2-3-5-14(11)17/h2-5,10,12-13H,6-9H2,1H3,(H,18,20)/t12-,13-/m0/s1. The van der Waals surface area contributed by atoms with Crippen LogP contribution in [-0.4, -0.2) is 29.7 Å². The van der Waals surface area contributed by atoms with Gasteiger partial charge in [-0.1, -0.05) is 18.2 Å². The summed E-state index contributed by atoms with van der Waals surface area (Å²) in [7, 11) is 2.06. The fourth-order valence-corrected chi connectivity index (χ4v) is 3.08. The highest BCUT2D eigenvalue weighted by atomic mass is 19.1. The lowest BCUT2D eigenvalue weighted by atomic mass is 9.86. The molecule has 0 unspecified atom stereocenters. The van der Waals surface area contributed by atoms with Crippen LogP contribution < -0.4 is 5.56 Å². The van der Waals surface area contributed by atoms with E-state index in [0.29, 0.717) is 12.2 Å². The van der Waals surface area contributed by atoms with E-state index in [1.807, 2.05) is 12.1 Å². The molecule has 1 aromatic carbocycles.